The number of H-pyrrole nitrogens is 1. The lowest BCUT2D eigenvalue weighted by Gasteiger charge is -2.28. The first-order valence-electron chi connectivity index (χ1n) is 10.1. The van der Waals surface area contributed by atoms with Gasteiger partial charge in [0, 0.05) is 13.1 Å². The summed E-state index contributed by atoms with van der Waals surface area (Å²) in [5.74, 6) is 0.165. The van der Waals surface area contributed by atoms with E-state index in [0.29, 0.717) is 24.7 Å². The van der Waals surface area contributed by atoms with Gasteiger partial charge in [-0.2, -0.15) is 0 Å². The molecule has 0 atom stereocenters. The van der Waals surface area contributed by atoms with Crippen LogP contribution < -0.4 is 32.1 Å². The number of anilines is 2. The lowest BCUT2D eigenvalue weighted by atomic mass is 10.3. The monoisotopic (exact) mass is 413 g/mol. The number of hydrogen-bond donors (Lipinski definition) is 4. The van der Waals surface area contributed by atoms with E-state index in [1.165, 1.54) is 9.47 Å². The first-order valence-corrected chi connectivity index (χ1v) is 10.5. The highest BCUT2D eigenvalue weighted by atomic mass is 32.1. The number of aromatic amines is 1. The molecule has 158 valence electrons. The van der Waals surface area contributed by atoms with Gasteiger partial charge in [-0.1, -0.05) is 20.3 Å². The van der Waals surface area contributed by atoms with Crippen molar-refractivity contribution in [3.05, 3.63) is 20.8 Å². The van der Waals surface area contributed by atoms with E-state index in [4.69, 9.17) is 22.7 Å². The first-order chi connectivity index (χ1) is 13.5. The lowest BCUT2D eigenvalue weighted by molar-refractivity contribution is -0.906. The van der Waals surface area contributed by atoms with Crippen LogP contribution in [-0.2, 0) is 11.3 Å². The van der Waals surface area contributed by atoms with Crippen LogP contribution in [0.2, 0.25) is 0 Å². The van der Waals surface area contributed by atoms with Crippen molar-refractivity contribution in [3.8, 4) is 0 Å². The van der Waals surface area contributed by atoms with Gasteiger partial charge in [0.05, 0.1) is 26.3 Å². The molecular weight excluding hydrogens is 380 g/mol. The van der Waals surface area contributed by atoms with Crippen LogP contribution in [0.25, 0.3) is 0 Å². The highest BCUT2D eigenvalue weighted by molar-refractivity contribution is 7.80. The molecule has 1 aromatic heterocycles. The molecule has 9 nitrogen and oxygen atoms in total. The van der Waals surface area contributed by atoms with Gasteiger partial charge >= 0.3 is 5.69 Å². The van der Waals surface area contributed by atoms with Crippen LogP contribution in [0.1, 0.15) is 33.1 Å². The van der Waals surface area contributed by atoms with Crippen molar-refractivity contribution < 1.29 is 9.64 Å². The molecule has 0 aliphatic carbocycles. The Kier molecular flexibility index (Phi) is 8.94. The van der Waals surface area contributed by atoms with E-state index in [1.807, 2.05) is 13.8 Å². The Morgan fingerprint density at radius 3 is 2.68 bits per heavy atom. The molecule has 1 aliphatic heterocycles. The number of rotatable bonds is 9. The van der Waals surface area contributed by atoms with Crippen LogP contribution in [0.4, 0.5) is 11.5 Å². The molecule has 5 N–H and O–H groups in total. The maximum Gasteiger partial charge on any atom is 0.330 e. The summed E-state index contributed by atoms with van der Waals surface area (Å²) in [5.41, 5.74) is 5.49. The minimum atomic E-state index is -0.508. The van der Waals surface area contributed by atoms with Crippen LogP contribution in [-0.4, -0.2) is 60.6 Å². The molecule has 1 aromatic rings. The van der Waals surface area contributed by atoms with E-state index >= 15 is 0 Å². The summed E-state index contributed by atoms with van der Waals surface area (Å²) in [6.07, 6.45) is 2.50. The van der Waals surface area contributed by atoms with Crippen molar-refractivity contribution in [2.75, 3.05) is 56.6 Å². The molecule has 0 aromatic carbocycles. The van der Waals surface area contributed by atoms with Gasteiger partial charge in [0.2, 0.25) is 0 Å². The number of morpholine rings is 1. The highest BCUT2D eigenvalue weighted by Gasteiger charge is 2.22. The lowest BCUT2D eigenvalue weighted by Crippen LogP contribution is -3.14. The second kappa shape index (κ2) is 11.2. The van der Waals surface area contributed by atoms with Crippen molar-refractivity contribution in [3.63, 3.8) is 0 Å². The maximum atomic E-state index is 12.5. The zero-order valence-corrected chi connectivity index (χ0v) is 17.7. The molecule has 1 fully saturated rings. The molecule has 1 aliphatic rings. The van der Waals surface area contributed by atoms with Crippen molar-refractivity contribution in [2.45, 2.75) is 39.7 Å². The second-order valence-electron chi connectivity index (χ2n) is 6.99. The average molecular weight is 414 g/mol. The van der Waals surface area contributed by atoms with Gasteiger partial charge in [-0.25, -0.2) is 4.79 Å². The van der Waals surface area contributed by atoms with E-state index in [-0.39, 0.29) is 11.5 Å². The number of aromatic nitrogens is 2. The fourth-order valence-corrected chi connectivity index (χ4v) is 3.55. The fourth-order valence-electron chi connectivity index (χ4n) is 3.27. The minimum Gasteiger partial charge on any atom is -0.383 e. The molecule has 10 heteroatoms. The molecule has 2 heterocycles. The Bertz CT molecular complexity index is 757. The molecule has 0 bridgehead atoms. The second-order valence-corrected chi connectivity index (χ2v) is 7.38. The molecule has 1 saturated heterocycles. The molecule has 0 saturated carbocycles. The summed E-state index contributed by atoms with van der Waals surface area (Å²) in [4.78, 5) is 30.3. The summed E-state index contributed by atoms with van der Waals surface area (Å²) in [5, 5.41) is 3.70. The standard InChI is InChI=1S/C18H32N6O3S/c1-3-5-8-24-15(19)14(16(25)21-17(24)26)23(7-4-2)18(28)20-6-9-22-10-12-27-13-11-22/h3-13,19H2,1-2H3,(H,20,28)(H,21,25,26)/p+1. The van der Waals surface area contributed by atoms with Crippen molar-refractivity contribution in [1.82, 2.24) is 14.9 Å². The van der Waals surface area contributed by atoms with Gasteiger partial charge < -0.3 is 25.6 Å². The van der Waals surface area contributed by atoms with Gasteiger partial charge in [0.1, 0.15) is 18.9 Å². The number of nitrogens with one attached hydrogen (secondary N) is 3. The van der Waals surface area contributed by atoms with Crippen molar-refractivity contribution >= 4 is 28.8 Å². The number of nitrogens with zero attached hydrogens (tertiary/aromatic N) is 2. The largest absolute Gasteiger partial charge is 0.383 e. The summed E-state index contributed by atoms with van der Waals surface area (Å²) in [6.45, 7) is 10.2. The van der Waals surface area contributed by atoms with E-state index in [0.717, 1.165) is 52.1 Å². The average Bonchev–Trinajstić information content (AvgIpc) is 2.67. The molecule has 0 spiro atoms. The predicted octanol–water partition coefficient (Wildman–Crippen LogP) is -1.08. The van der Waals surface area contributed by atoms with Crippen LogP contribution in [0.3, 0.4) is 0 Å². The fraction of sp³-hybridized carbons (Fsp3) is 0.722. The van der Waals surface area contributed by atoms with Gasteiger partial charge in [-0.15, -0.1) is 0 Å². The molecule has 0 unspecified atom stereocenters. The molecule has 2 rings (SSSR count). The van der Waals surface area contributed by atoms with Gasteiger partial charge in [0.15, 0.2) is 10.8 Å². The normalized spacial score (nSPS) is 14.8. The number of thiocarbonyl (C=S) groups is 1. The van der Waals surface area contributed by atoms with E-state index in [1.54, 1.807) is 4.90 Å². The number of nitrogen functional groups attached to an aromatic ring is 1. The molecular formula is C18H33N6O3S+. The molecule has 28 heavy (non-hydrogen) atoms. The van der Waals surface area contributed by atoms with Gasteiger partial charge in [-0.05, 0) is 25.1 Å². The maximum absolute atomic E-state index is 12.5. The number of quaternary nitrogens is 1. The highest BCUT2D eigenvalue weighted by Crippen LogP contribution is 2.17. The smallest absolute Gasteiger partial charge is 0.330 e. The Balaban J connectivity index is 2.16. The van der Waals surface area contributed by atoms with Crippen molar-refractivity contribution in [2.24, 2.45) is 0 Å². The van der Waals surface area contributed by atoms with Crippen LogP contribution >= 0.6 is 12.2 Å². The summed E-state index contributed by atoms with van der Waals surface area (Å²) in [6, 6.07) is 0. The number of nitrogens with two attached hydrogens (primary N) is 1. The Morgan fingerprint density at radius 2 is 2.04 bits per heavy atom. The number of hydrogen-bond acceptors (Lipinski definition) is 5. The van der Waals surface area contributed by atoms with E-state index < -0.39 is 11.2 Å². The molecule has 0 radical (unpaired) electrons. The zero-order chi connectivity index (χ0) is 20.5. The predicted molar refractivity (Wildman–Crippen MR) is 115 cm³/mol. The Hall–Kier alpha value is -1.91. The first kappa shape index (κ1) is 22.4. The Morgan fingerprint density at radius 1 is 1.32 bits per heavy atom. The minimum absolute atomic E-state index is 0.165. The third kappa shape index (κ3) is 5.79. The Labute approximate surface area is 170 Å². The van der Waals surface area contributed by atoms with E-state index in [9.17, 15) is 9.59 Å². The summed E-state index contributed by atoms with van der Waals surface area (Å²) >= 11 is 5.56. The summed E-state index contributed by atoms with van der Waals surface area (Å²) < 4.78 is 6.80. The van der Waals surface area contributed by atoms with Crippen LogP contribution in [0.15, 0.2) is 9.59 Å². The number of unbranched alkanes of at least 4 members (excludes halogenated alkanes) is 1. The number of ether oxygens (including phenoxy) is 1. The quantitative estimate of drug-likeness (QED) is 0.382. The topological polar surface area (TPSA) is 110 Å². The summed E-state index contributed by atoms with van der Waals surface area (Å²) in [7, 11) is 0. The van der Waals surface area contributed by atoms with Gasteiger partial charge in [0.25, 0.3) is 5.56 Å². The van der Waals surface area contributed by atoms with E-state index in [2.05, 4.69) is 10.3 Å². The van der Waals surface area contributed by atoms with Crippen molar-refractivity contribution in [1.29, 1.82) is 0 Å². The van der Waals surface area contributed by atoms with Crippen LogP contribution in [0.5, 0.6) is 0 Å². The third-order valence-corrected chi connectivity index (χ3v) is 5.23. The molecule has 0 amide bonds. The zero-order valence-electron chi connectivity index (χ0n) is 16.9. The SMILES string of the molecule is CCCCn1c(N)c(N(CCC)C(=S)NCC[NH+]2CCOCC2)c(=O)[nH]c1=O. The van der Waals surface area contributed by atoms with Crippen LogP contribution in [0, 0.1) is 0 Å². The van der Waals surface area contributed by atoms with Gasteiger partial charge in [-0.3, -0.25) is 14.3 Å². The third-order valence-electron chi connectivity index (χ3n) is 4.87.